The maximum Gasteiger partial charge on any atom is 0.102 e. The number of aliphatic hydroxyl groups is 1. The molecule has 0 aliphatic carbocycles. The van der Waals surface area contributed by atoms with Crippen molar-refractivity contribution in [3.05, 3.63) is 0 Å². The largest absolute Gasteiger partial charge is 0.391 e. The predicted octanol–water partition coefficient (Wildman–Crippen LogP) is 4.78. The molecule has 0 saturated heterocycles. The summed E-state index contributed by atoms with van der Waals surface area (Å²) in [6, 6.07) is 0. The van der Waals surface area contributed by atoms with Crippen molar-refractivity contribution in [2.45, 2.75) is 43.1 Å². The molecule has 0 atom stereocenters. The smallest absolute Gasteiger partial charge is 0.102 e. The Morgan fingerprint density at radius 3 is 1.47 bits per heavy atom. The third-order valence-corrected chi connectivity index (χ3v) is 1.53. The van der Waals surface area contributed by atoms with Gasteiger partial charge >= 0.3 is 0 Å². The fourth-order valence-corrected chi connectivity index (χ4v) is 0.988. The number of hydrogen-bond donors (Lipinski definition) is 1. The van der Waals surface area contributed by atoms with Crippen molar-refractivity contribution < 1.29 is 9.59 Å². The second-order valence-corrected chi connectivity index (χ2v) is 3.11. The molecule has 0 aliphatic heterocycles. The van der Waals surface area contributed by atoms with Gasteiger partial charge in [0.25, 0.3) is 0 Å². The lowest BCUT2D eigenvalue weighted by Crippen LogP contribution is -2.42. The molecule has 0 aromatic rings. The number of hydrogen-bond acceptors (Lipinski definition) is 1. The summed E-state index contributed by atoms with van der Waals surface area (Å²) in [5, 5.41) is 8.61. The fraction of sp³-hybridized carbons (Fsp3) is 1.00. The van der Waals surface area contributed by atoms with E-state index in [2.05, 4.69) is 58.3 Å². The van der Waals surface area contributed by atoms with Crippen LogP contribution in [-0.4, -0.2) is 43.4 Å². The highest BCUT2D eigenvalue weighted by Crippen LogP contribution is 1.96. The van der Waals surface area contributed by atoms with Gasteiger partial charge in [0, 0.05) is 37.2 Å². The molecule has 0 aromatic carbocycles. The predicted molar refractivity (Wildman–Crippen MR) is 94.2 cm³/mol. The van der Waals surface area contributed by atoms with Crippen LogP contribution in [0.4, 0.5) is 0 Å². The van der Waals surface area contributed by atoms with Gasteiger partial charge < -0.3 is 9.59 Å². The van der Waals surface area contributed by atoms with Crippen molar-refractivity contribution >= 4 is 37.2 Å². The fourth-order valence-electron chi connectivity index (χ4n) is 0.988. The Labute approximate surface area is 123 Å². The standard InChI is InChI=1S/C7H18NO.4CH4.I2/c1-4-5-8(2,3)6-7-9;;;;;1-2/h9H,4-7H2,1-3H3;4*1H4;/q+1;;;;;. The van der Waals surface area contributed by atoms with Gasteiger partial charge in [-0.15, -0.1) is 0 Å². The molecule has 0 rings (SSSR count). The lowest BCUT2D eigenvalue weighted by atomic mass is 10.4. The monoisotopic (exact) mass is 450 g/mol. The summed E-state index contributed by atoms with van der Waals surface area (Å²) in [5.41, 5.74) is 0. The van der Waals surface area contributed by atoms with Crippen LogP contribution in [0.5, 0.6) is 0 Å². The molecular weight excluding hydrogens is 416 g/mol. The molecule has 0 heterocycles. The molecule has 15 heavy (non-hydrogen) atoms. The van der Waals surface area contributed by atoms with Gasteiger partial charge in [0.1, 0.15) is 6.54 Å². The number of halogens is 2. The minimum atomic E-state index is 0. The first-order valence-electron chi connectivity index (χ1n) is 3.69. The first kappa shape index (κ1) is 36.0. The Hall–Kier alpha value is 1.38. The summed E-state index contributed by atoms with van der Waals surface area (Å²) in [6.45, 7) is 4.48. The molecule has 0 amide bonds. The van der Waals surface area contributed by atoms with Crippen molar-refractivity contribution in [2.24, 2.45) is 0 Å². The Morgan fingerprint density at radius 1 is 0.933 bits per heavy atom. The van der Waals surface area contributed by atoms with E-state index in [-0.39, 0.29) is 29.7 Å². The first-order chi connectivity index (χ1) is 5.12. The second kappa shape index (κ2) is 24.6. The van der Waals surface area contributed by atoms with Crippen LogP contribution in [0, 0.1) is 0 Å². The molecule has 0 bridgehead atoms. The Morgan fingerprint density at radius 2 is 1.27 bits per heavy atom. The summed E-state index contributed by atoms with van der Waals surface area (Å²) in [4.78, 5) is 0. The average molecular weight is 450 g/mol. The van der Waals surface area contributed by atoms with Crippen molar-refractivity contribution in [3.8, 4) is 0 Å². The molecule has 102 valence electrons. The van der Waals surface area contributed by atoms with E-state index in [0.717, 1.165) is 17.6 Å². The third kappa shape index (κ3) is 31.3. The van der Waals surface area contributed by atoms with Gasteiger partial charge in [0.2, 0.25) is 0 Å². The number of likely N-dealkylation sites (N-methyl/N-ethyl adjacent to an activating group) is 1. The Balaban J connectivity index is -0.0000000317. The lowest BCUT2D eigenvalue weighted by molar-refractivity contribution is -0.890. The van der Waals surface area contributed by atoms with Crippen molar-refractivity contribution in [1.29, 1.82) is 0 Å². The average Bonchev–Trinajstić information content (AvgIpc) is 1.91. The van der Waals surface area contributed by atoms with Crippen LogP contribution in [0.1, 0.15) is 43.1 Å². The maximum atomic E-state index is 8.61. The van der Waals surface area contributed by atoms with Crippen LogP contribution in [0.3, 0.4) is 0 Å². The highest BCUT2D eigenvalue weighted by atomic mass is 128. The molecule has 0 radical (unpaired) electrons. The minimum absolute atomic E-state index is 0. The van der Waals surface area contributed by atoms with Gasteiger partial charge in [-0.25, -0.2) is 0 Å². The number of aliphatic hydroxyl groups excluding tert-OH is 1. The van der Waals surface area contributed by atoms with Gasteiger partial charge in [-0.3, -0.25) is 0 Å². The van der Waals surface area contributed by atoms with Crippen LogP contribution < -0.4 is 0 Å². The second-order valence-electron chi connectivity index (χ2n) is 3.11. The zero-order valence-electron chi connectivity index (χ0n) is 7.48. The van der Waals surface area contributed by atoms with E-state index in [1.165, 1.54) is 6.42 Å². The van der Waals surface area contributed by atoms with Gasteiger partial charge in [-0.1, -0.05) is 36.6 Å². The molecule has 0 saturated carbocycles. The number of rotatable bonds is 4. The summed E-state index contributed by atoms with van der Waals surface area (Å²) in [5.74, 6) is 0. The molecule has 0 unspecified atom stereocenters. The van der Waals surface area contributed by atoms with Crippen molar-refractivity contribution in [2.75, 3.05) is 33.8 Å². The normalized spacial score (nSPS) is 7.60. The van der Waals surface area contributed by atoms with Crippen molar-refractivity contribution in [3.63, 3.8) is 0 Å². The van der Waals surface area contributed by atoms with Crippen LogP contribution in [0.25, 0.3) is 0 Å². The summed E-state index contributed by atoms with van der Waals surface area (Å²) in [7, 11) is 4.28. The summed E-state index contributed by atoms with van der Waals surface area (Å²) < 4.78 is 0.938. The van der Waals surface area contributed by atoms with Crippen molar-refractivity contribution in [1.82, 2.24) is 0 Å². The van der Waals surface area contributed by atoms with Gasteiger partial charge in [0.05, 0.1) is 27.2 Å². The lowest BCUT2D eigenvalue weighted by Gasteiger charge is -2.28. The molecule has 2 nitrogen and oxygen atoms in total. The SMILES string of the molecule is C.C.C.C.CCC[N+](C)(C)CCO.II. The van der Waals surface area contributed by atoms with Gasteiger partial charge in [-0.2, -0.15) is 0 Å². The van der Waals surface area contributed by atoms with E-state index < -0.39 is 0 Å². The van der Waals surface area contributed by atoms with E-state index >= 15 is 0 Å². The van der Waals surface area contributed by atoms with Crippen LogP contribution >= 0.6 is 37.2 Å². The number of quaternary nitrogens is 1. The molecule has 4 heteroatoms. The van der Waals surface area contributed by atoms with E-state index in [1.54, 1.807) is 0 Å². The molecule has 0 fully saturated rings. The Bertz CT molecular complexity index is 73.0. The van der Waals surface area contributed by atoms with E-state index in [4.69, 9.17) is 5.11 Å². The molecule has 1 N–H and O–H groups in total. The van der Waals surface area contributed by atoms with E-state index in [9.17, 15) is 0 Å². The number of nitrogens with zero attached hydrogens (tertiary/aromatic N) is 1. The van der Waals surface area contributed by atoms with Crippen LogP contribution in [0.15, 0.2) is 0 Å². The molecular formula is C11H34I2NO+. The van der Waals surface area contributed by atoms with Gasteiger partial charge in [-0.05, 0) is 6.42 Å². The summed E-state index contributed by atoms with van der Waals surface area (Å²) in [6.07, 6.45) is 1.19. The zero-order valence-corrected chi connectivity index (χ0v) is 11.8. The zero-order chi connectivity index (χ0) is 9.33. The third-order valence-electron chi connectivity index (χ3n) is 1.53. The maximum absolute atomic E-state index is 8.61. The topological polar surface area (TPSA) is 20.2 Å². The van der Waals surface area contributed by atoms with Gasteiger partial charge in [0.15, 0.2) is 0 Å². The van der Waals surface area contributed by atoms with Crippen LogP contribution in [-0.2, 0) is 0 Å². The quantitative estimate of drug-likeness (QED) is 0.483. The summed E-state index contributed by atoms with van der Waals surface area (Å²) >= 11 is 4.24. The molecule has 0 aromatic heterocycles. The minimum Gasteiger partial charge on any atom is -0.391 e. The molecule has 0 aliphatic rings. The Kier molecular flexibility index (Phi) is 58.9. The van der Waals surface area contributed by atoms with E-state index in [0.29, 0.717) is 6.61 Å². The first-order valence-corrected chi connectivity index (χ1v) is 9.98. The van der Waals surface area contributed by atoms with Crippen LogP contribution in [0.2, 0.25) is 0 Å². The molecule has 0 spiro atoms. The van der Waals surface area contributed by atoms with E-state index in [1.807, 2.05) is 0 Å². The highest BCUT2D eigenvalue weighted by Gasteiger charge is 2.10. The highest BCUT2D eigenvalue weighted by molar-refractivity contribution is 15.0.